The summed E-state index contributed by atoms with van der Waals surface area (Å²) in [4.78, 5) is 50.5. The van der Waals surface area contributed by atoms with Crippen molar-refractivity contribution in [3.8, 4) is 17.2 Å². The van der Waals surface area contributed by atoms with Crippen molar-refractivity contribution in [3.63, 3.8) is 0 Å². The van der Waals surface area contributed by atoms with Gasteiger partial charge in [-0.25, -0.2) is 4.79 Å². The van der Waals surface area contributed by atoms with E-state index in [1.165, 1.54) is 12.1 Å². The van der Waals surface area contributed by atoms with Crippen LogP contribution in [0.3, 0.4) is 0 Å². The van der Waals surface area contributed by atoms with Crippen molar-refractivity contribution in [1.82, 2.24) is 0 Å². The molecule has 0 aromatic heterocycles. The lowest BCUT2D eigenvalue weighted by molar-refractivity contribution is -0.138. The Morgan fingerprint density at radius 3 is 1.68 bits per heavy atom. The van der Waals surface area contributed by atoms with Crippen molar-refractivity contribution in [1.29, 1.82) is 0 Å². The number of ether oxygens (including phenoxy) is 4. The molecule has 2 rings (SSSR count). The summed E-state index contributed by atoms with van der Waals surface area (Å²) < 4.78 is 22.8. The number of halogens is 1. The quantitative estimate of drug-likeness (QED) is 0.160. The Morgan fingerprint density at radius 2 is 1.21 bits per heavy atom. The van der Waals surface area contributed by atoms with Crippen LogP contribution < -0.4 is 14.2 Å². The highest BCUT2D eigenvalue weighted by Gasteiger charge is 2.25. The third-order valence-electron chi connectivity index (χ3n) is 5.38. The standard InChI is InChI=1S/C29H35BrO8/c1-4-7-13-25(31)36-23-17-21(29(34)35-19-20-11-10-12-22(30)16-20)18-24(37-26(32)14-8-5-2)28(23)38-27(33)15-9-6-3/h10-12,16-18H,4-9,13-15,19H2,1-3H3. The van der Waals surface area contributed by atoms with Gasteiger partial charge in [-0.1, -0.05) is 68.1 Å². The largest absolute Gasteiger partial charge is 0.457 e. The van der Waals surface area contributed by atoms with Gasteiger partial charge in [0.25, 0.3) is 0 Å². The predicted molar refractivity (Wildman–Crippen MR) is 145 cm³/mol. The fraction of sp³-hybridized carbons (Fsp3) is 0.448. The van der Waals surface area contributed by atoms with Gasteiger partial charge in [0, 0.05) is 23.7 Å². The van der Waals surface area contributed by atoms with Gasteiger partial charge in [-0.2, -0.15) is 0 Å². The molecule has 206 valence electrons. The first-order chi connectivity index (χ1) is 18.3. The Balaban J connectivity index is 2.44. The highest BCUT2D eigenvalue weighted by molar-refractivity contribution is 9.10. The van der Waals surface area contributed by atoms with Crippen LogP contribution in [0.1, 0.15) is 94.5 Å². The molecule has 2 aromatic rings. The van der Waals surface area contributed by atoms with Crippen LogP contribution in [0.25, 0.3) is 0 Å². The Morgan fingerprint density at radius 1 is 0.711 bits per heavy atom. The SMILES string of the molecule is CCCCC(=O)Oc1cc(C(=O)OCc2cccc(Br)c2)cc(OC(=O)CCCC)c1OC(=O)CCCC. The third-order valence-corrected chi connectivity index (χ3v) is 5.88. The van der Waals surface area contributed by atoms with E-state index in [-0.39, 0.29) is 48.7 Å². The maximum absolute atomic E-state index is 13.0. The number of esters is 4. The van der Waals surface area contributed by atoms with E-state index in [0.717, 1.165) is 29.3 Å². The maximum atomic E-state index is 13.0. The van der Waals surface area contributed by atoms with E-state index in [9.17, 15) is 19.2 Å². The molecule has 8 nitrogen and oxygen atoms in total. The lowest BCUT2D eigenvalue weighted by Gasteiger charge is -2.16. The maximum Gasteiger partial charge on any atom is 0.338 e. The lowest BCUT2D eigenvalue weighted by atomic mass is 10.1. The van der Waals surface area contributed by atoms with E-state index in [4.69, 9.17) is 18.9 Å². The van der Waals surface area contributed by atoms with Gasteiger partial charge in [0.15, 0.2) is 11.5 Å². The minimum atomic E-state index is -0.731. The van der Waals surface area contributed by atoms with Gasteiger partial charge >= 0.3 is 23.9 Å². The monoisotopic (exact) mass is 590 g/mol. The van der Waals surface area contributed by atoms with E-state index in [1.54, 1.807) is 6.07 Å². The molecule has 0 aliphatic carbocycles. The average Bonchev–Trinajstić information content (AvgIpc) is 2.89. The number of carbonyl (C=O) groups is 4. The molecule has 9 heteroatoms. The average molecular weight is 591 g/mol. The second-order valence-corrected chi connectivity index (χ2v) is 9.66. The normalized spacial score (nSPS) is 10.5. The fourth-order valence-electron chi connectivity index (χ4n) is 3.28. The van der Waals surface area contributed by atoms with Crippen molar-refractivity contribution in [2.75, 3.05) is 0 Å². The summed E-state index contributed by atoms with van der Waals surface area (Å²) in [6.45, 7) is 5.79. The van der Waals surface area contributed by atoms with Gasteiger partial charge in [0.05, 0.1) is 5.56 Å². The zero-order chi connectivity index (χ0) is 27.9. The van der Waals surface area contributed by atoms with Crippen molar-refractivity contribution in [2.45, 2.75) is 85.2 Å². The molecule has 0 heterocycles. The molecule has 0 fully saturated rings. The summed E-state index contributed by atoms with van der Waals surface area (Å²) >= 11 is 3.38. The molecule has 38 heavy (non-hydrogen) atoms. The molecule has 0 radical (unpaired) electrons. The summed E-state index contributed by atoms with van der Waals surface area (Å²) in [6, 6.07) is 9.81. The summed E-state index contributed by atoms with van der Waals surface area (Å²) in [7, 11) is 0. The van der Waals surface area contributed by atoms with Crippen LogP contribution in [-0.2, 0) is 25.7 Å². The Kier molecular flexibility index (Phi) is 13.6. The molecule has 0 aliphatic rings. The summed E-state index contributed by atoms with van der Waals surface area (Å²) in [6.07, 6.45) is 4.48. The van der Waals surface area contributed by atoms with Crippen molar-refractivity contribution in [2.24, 2.45) is 0 Å². The molecule has 2 aromatic carbocycles. The Labute approximate surface area is 232 Å². The first-order valence-corrected chi connectivity index (χ1v) is 13.8. The second-order valence-electron chi connectivity index (χ2n) is 8.74. The molecule has 0 spiro atoms. The molecule has 0 unspecified atom stereocenters. The van der Waals surface area contributed by atoms with Crippen molar-refractivity contribution in [3.05, 3.63) is 52.0 Å². The van der Waals surface area contributed by atoms with Crippen LogP contribution in [0, 0.1) is 0 Å². The van der Waals surface area contributed by atoms with E-state index in [0.29, 0.717) is 19.3 Å². The van der Waals surface area contributed by atoms with Crippen molar-refractivity contribution < 1.29 is 38.1 Å². The molecular weight excluding hydrogens is 556 g/mol. The molecule has 0 saturated carbocycles. The molecule has 0 atom stereocenters. The number of rotatable bonds is 15. The molecule has 0 N–H and O–H groups in total. The first-order valence-electron chi connectivity index (χ1n) is 13.0. The van der Waals surface area contributed by atoms with Gasteiger partial charge in [0.2, 0.25) is 5.75 Å². The Hall–Kier alpha value is -3.20. The zero-order valence-corrected chi connectivity index (χ0v) is 23.8. The minimum Gasteiger partial charge on any atom is -0.457 e. The van der Waals surface area contributed by atoms with Gasteiger partial charge in [-0.05, 0) is 49.1 Å². The van der Waals surface area contributed by atoms with E-state index in [1.807, 2.05) is 39.0 Å². The minimum absolute atomic E-state index is 0.0106. The van der Waals surface area contributed by atoms with Crippen molar-refractivity contribution >= 4 is 39.8 Å². The third kappa shape index (κ3) is 10.7. The highest BCUT2D eigenvalue weighted by Crippen LogP contribution is 2.40. The van der Waals surface area contributed by atoms with Gasteiger partial charge in [-0.15, -0.1) is 0 Å². The van der Waals surface area contributed by atoms with E-state index >= 15 is 0 Å². The van der Waals surface area contributed by atoms with Crippen LogP contribution in [0.5, 0.6) is 17.2 Å². The van der Waals surface area contributed by atoms with Gasteiger partial charge < -0.3 is 18.9 Å². The number of benzene rings is 2. The number of carbonyl (C=O) groups excluding carboxylic acids is 4. The van der Waals surface area contributed by atoms with Crippen LogP contribution in [0.15, 0.2) is 40.9 Å². The number of hydrogen-bond acceptors (Lipinski definition) is 8. The summed E-state index contributed by atoms with van der Waals surface area (Å²) in [5, 5.41) is 0. The first kappa shape index (κ1) is 31.0. The molecular formula is C29H35BrO8. The fourth-order valence-corrected chi connectivity index (χ4v) is 3.73. The van der Waals surface area contributed by atoms with Crippen LogP contribution in [-0.4, -0.2) is 23.9 Å². The lowest BCUT2D eigenvalue weighted by Crippen LogP contribution is -2.16. The predicted octanol–water partition coefficient (Wildman–Crippen LogP) is 7.09. The second kappa shape index (κ2) is 16.6. The van der Waals surface area contributed by atoms with Gasteiger partial charge in [-0.3, -0.25) is 14.4 Å². The smallest absolute Gasteiger partial charge is 0.338 e. The summed E-state index contributed by atoms with van der Waals surface area (Å²) in [5.41, 5.74) is 0.733. The molecule has 0 amide bonds. The van der Waals surface area contributed by atoms with E-state index < -0.39 is 23.9 Å². The van der Waals surface area contributed by atoms with E-state index in [2.05, 4.69) is 15.9 Å². The van der Waals surface area contributed by atoms with Gasteiger partial charge in [0.1, 0.15) is 6.61 Å². The molecule has 0 aliphatic heterocycles. The molecule has 0 bridgehead atoms. The topological polar surface area (TPSA) is 105 Å². The van der Waals surface area contributed by atoms with Crippen LogP contribution in [0.2, 0.25) is 0 Å². The number of hydrogen-bond donors (Lipinski definition) is 0. The Bertz CT molecular complexity index is 1070. The summed E-state index contributed by atoms with van der Waals surface area (Å²) in [5.74, 6) is -3.04. The zero-order valence-electron chi connectivity index (χ0n) is 22.2. The molecule has 0 saturated heterocycles. The number of unbranched alkanes of at least 4 members (excludes halogenated alkanes) is 3. The van der Waals surface area contributed by atoms with Crippen LogP contribution >= 0.6 is 15.9 Å². The van der Waals surface area contributed by atoms with Crippen LogP contribution in [0.4, 0.5) is 0 Å². The highest BCUT2D eigenvalue weighted by atomic mass is 79.9.